The quantitative estimate of drug-likeness (QED) is 0.186. The Labute approximate surface area is 227 Å². The Morgan fingerprint density at radius 1 is 1.10 bits per heavy atom. The Kier molecular flexibility index (Phi) is 6.09. The van der Waals surface area contributed by atoms with Gasteiger partial charge in [-0.15, -0.1) is 0 Å². The van der Waals surface area contributed by atoms with Crippen LogP contribution in [0.4, 0.5) is 0 Å². The van der Waals surface area contributed by atoms with E-state index in [-0.39, 0.29) is 36.6 Å². The predicted molar refractivity (Wildman–Crippen MR) is 142 cm³/mol. The summed E-state index contributed by atoms with van der Waals surface area (Å²) in [6.45, 7) is 0.0392. The number of aliphatic hydroxyl groups excluding tert-OH is 1. The molecular weight excluding hydrogens is 520 g/mol. The first-order valence-corrected chi connectivity index (χ1v) is 13.1. The van der Waals surface area contributed by atoms with E-state index in [1.807, 2.05) is 17.1 Å². The van der Waals surface area contributed by atoms with Gasteiger partial charge in [0.2, 0.25) is 0 Å². The minimum Gasteiger partial charge on any atom is -0.386 e. The Balaban J connectivity index is 1.22. The van der Waals surface area contributed by atoms with Crippen molar-refractivity contribution in [3.8, 4) is 0 Å². The van der Waals surface area contributed by atoms with Crippen molar-refractivity contribution in [3.05, 3.63) is 67.5 Å². The molecule has 1 aromatic heterocycles. The first-order chi connectivity index (χ1) is 19.2. The summed E-state index contributed by atoms with van der Waals surface area (Å²) in [5.41, 5.74) is -0.347. The maximum atomic E-state index is 13.4. The number of aliphatic hydroxyl groups is 1. The van der Waals surface area contributed by atoms with Gasteiger partial charge < -0.3 is 41.6 Å². The first-order valence-electron chi connectivity index (χ1n) is 13.1. The second kappa shape index (κ2) is 9.51. The number of rotatable bonds is 5. The molecule has 15 heteroatoms. The van der Waals surface area contributed by atoms with Crippen LogP contribution < -0.4 is 37.8 Å². The van der Waals surface area contributed by atoms with Crippen molar-refractivity contribution < 1.29 is 14.7 Å². The summed E-state index contributed by atoms with van der Waals surface area (Å²) >= 11 is 0. The van der Waals surface area contributed by atoms with Crippen LogP contribution in [0.2, 0.25) is 0 Å². The average molecular weight is 551 g/mol. The summed E-state index contributed by atoms with van der Waals surface area (Å²) in [6.07, 6.45) is 2.62. The van der Waals surface area contributed by atoms with E-state index < -0.39 is 47.0 Å². The zero-order chi connectivity index (χ0) is 28.2. The molecule has 4 heterocycles. The van der Waals surface area contributed by atoms with Crippen molar-refractivity contribution in [2.75, 3.05) is 13.1 Å². The number of carbonyl (C=O) groups excluding carboxylic acids is 2. The van der Waals surface area contributed by atoms with E-state index >= 15 is 0 Å². The number of guanidine groups is 2. The van der Waals surface area contributed by atoms with Gasteiger partial charge in [-0.1, -0.05) is 12.1 Å². The van der Waals surface area contributed by atoms with Crippen molar-refractivity contribution in [1.82, 2.24) is 41.5 Å². The number of fused-ring (bicyclic) bond motifs is 1. The number of hydrogen-bond acceptors (Lipinski definition) is 7. The molecular formula is C25H30N10O5. The molecule has 10 N–H and O–H groups in total. The number of aryl methyl sites for hydroxylation is 1. The van der Waals surface area contributed by atoms with Crippen LogP contribution in [-0.4, -0.2) is 86.7 Å². The molecule has 1 unspecified atom stereocenters. The minimum atomic E-state index is -1.35. The van der Waals surface area contributed by atoms with Crippen molar-refractivity contribution in [2.24, 2.45) is 0 Å². The Bertz CT molecular complexity index is 1510. The number of benzene rings is 1. The standard InChI is InChI=1S/C25H30N10O5/c26-22-33-18-15(9-28-21(39)14-8-17(36)32-24(40)31-14)30-23(27)35-10-16(19(37)25(18,35)34-22)29-20(38)13-7-3-5-11-4-1-2-6-12(11)13/h3,5,7-8,15-16,18-19,37H,1-2,4,6,9-10H2,(H2,27,30)(H,28,39)(H,29,38)(H3,26,33,34)(H2,31,32,36,40)/t15-,16?,18-,19+,25-/m0/s1. The zero-order valence-corrected chi connectivity index (χ0v) is 21.4. The zero-order valence-electron chi connectivity index (χ0n) is 21.4. The highest BCUT2D eigenvalue weighted by Crippen LogP contribution is 2.37. The van der Waals surface area contributed by atoms with E-state index in [1.54, 1.807) is 11.0 Å². The molecule has 1 spiro atoms. The summed E-state index contributed by atoms with van der Waals surface area (Å²) in [7, 11) is 0. The van der Waals surface area contributed by atoms with Gasteiger partial charge in [0.25, 0.3) is 17.4 Å². The monoisotopic (exact) mass is 550 g/mol. The predicted octanol–water partition coefficient (Wildman–Crippen LogP) is -2.75. The van der Waals surface area contributed by atoms with Crippen LogP contribution in [0.25, 0.3) is 0 Å². The van der Waals surface area contributed by atoms with Crippen LogP contribution in [0.15, 0.2) is 33.9 Å². The molecule has 3 fully saturated rings. The highest BCUT2D eigenvalue weighted by molar-refractivity contribution is 5.97. The third-order valence-corrected chi connectivity index (χ3v) is 8.20. The minimum absolute atomic E-state index is 0.0584. The molecule has 40 heavy (non-hydrogen) atoms. The second-order valence-electron chi connectivity index (χ2n) is 10.5. The number of nitrogens with zero attached hydrogens (tertiary/aromatic N) is 1. The molecule has 0 bridgehead atoms. The Morgan fingerprint density at radius 3 is 2.70 bits per heavy atom. The van der Waals surface area contributed by atoms with E-state index in [0.29, 0.717) is 5.56 Å². The number of aromatic amines is 2. The fourth-order valence-electron chi connectivity index (χ4n) is 6.43. The van der Waals surface area contributed by atoms with Gasteiger partial charge in [-0.05, 0) is 42.9 Å². The summed E-state index contributed by atoms with van der Waals surface area (Å²) in [5.74, 6) is -1.15. The lowest BCUT2D eigenvalue weighted by atomic mass is 9.86. The highest BCUT2D eigenvalue weighted by Gasteiger charge is 2.66. The fourth-order valence-corrected chi connectivity index (χ4v) is 6.43. The van der Waals surface area contributed by atoms with E-state index in [4.69, 9.17) is 10.8 Å². The Hall–Kier alpha value is -4.66. The summed E-state index contributed by atoms with van der Waals surface area (Å²) < 4.78 is 0. The molecule has 2 amide bonds. The van der Waals surface area contributed by atoms with Crippen molar-refractivity contribution >= 4 is 23.7 Å². The van der Waals surface area contributed by atoms with Gasteiger partial charge in [-0.3, -0.25) is 30.2 Å². The van der Waals surface area contributed by atoms with Crippen LogP contribution in [-0.2, 0) is 12.8 Å². The summed E-state index contributed by atoms with van der Waals surface area (Å²) in [6, 6.07) is 4.52. The van der Waals surface area contributed by atoms with Crippen LogP contribution in [0.3, 0.4) is 0 Å². The number of carbonyl (C=O) groups is 2. The van der Waals surface area contributed by atoms with Gasteiger partial charge >= 0.3 is 5.69 Å². The van der Waals surface area contributed by atoms with Gasteiger partial charge in [-0.2, -0.15) is 0 Å². The summed E-state index contributed by atoms with van der Waals surface area (Å²) in [5, 5.41) is 43.1. The van der Waals surface area contributed by atoms with Gasteiger partial charge in [0.05, 0.1) is 18.1 Å². The number of hydrogen-bond donors (Lipinski definition) is 10. The Morgan fingerprint density at radius 2 is 1.90 bits per heavy atom. The van der Waals surface area contributed by atoms with Crippen molar-refractivity contribution in [3.63, 3.8) is 0 Å². The lowest BCUT2D eigenvalue weighted by Crippen LogP contribution is -2.78. The number of amides is 2. The molecule has 3 aliphatic heterocycles. The smallest absolute Gasteiger partial charge is 0.326 e. The average Bonchev–Trinajstić information content (AvgIpc) is 3.42. The lowest BCUT2D eigenvalue weighted by molar-refractivity contribution is 0.00612. The van der Waals surface area contributed by atoms with Gasteiger partial charge in [-0.25, -0.2) is 4.79 Å². The van der Waals surface area contributed by atoms with Crippen molar-refractivity contribution in [1.29, 1.82) is 10.8 Å². The topological polar surface area (TPSA) is 231 Å². The molecule has 1 aliphatic carbocycles. The third-order valence-electron chi connectivity index (χ3n) is 8.20. The van der Waals surface area contributed by atoms with E-state index in [9.17, 15) is 24.3 Å². The number of aromatic nitrogens is 2. The van der Waals surface area contributed by atoms with E-state index in [0.717, 1.165) is 42.9 Å². The molecule has 210 valence electrons. The molecule has 2 aromatic rings. The van der Waals surface area contributed by atoms with Gasteiger partial charge in [0.15, 0.2) is 17.6 Å². The molecule has 6 rings (SSSR count). The van der Waals surface area contributed by atoms with Crippen molar-refractivity contribution in [2.45, 2.75) is 55.6 Å². The normalized spacial score (nSPS) is 28.4. The largest absolute Gasteiger partial charge is 0.386 e. The first kappa shape index (κ1) is 25.6. The van der Waals surface area contributed by atoms with Crippen LogP contribution in [0.5, 0.6) is 0 Å². The molecule has 0 radical (unpaired) electrons. The SMILES string of the molecule is N=C1N[C@H]2[C@H](CNC(=O)c3cc(=O)[nH]c(=O)[nH]3)NC(=N)N3CC(NC(=O)c4cccc5c4CCCC5)[C@@H](O)[C@]23N1. The molecule has 5 atom stereocenters. The molecule has 1 aromatic carbocycles. The van der Waals surface area contributed by atoms with E-state index in [2.05, 4.69) is 31.6 Å². The lowest BCUT2D eigenvalue weighted by Gasteiger charge is -2.49. The molecule has 3 saturated heterocycles. The fraction of sp³-hybridized carbons (Fsp3) is 0.440. The van der Waals surface area contributed by atoms with E-state index in [1.165, 1.54) is 0 Å². The van der Waals surface area contributed by atoms with Crippen LogP contribution in [0, 0.1) is 10.8 Å². The molecule has 0 saturated carbocycles. The highest BCUT2D eigenvalue weighted by atomic mass is 16.3. The maximum Gasteiger partial charge on any atom is 0.326 e. The van der Waals surface area contributed by atoms with Crippen LogP contribution >= 0.6 is 0 Å². The number of nitrogens with one attached hydrogen (secondary N) is 9. The molecule has 15 nitrogen and oxygen atoms in total. The van der Waals surface area contributed by atoms with Gasteiger partial charge in [0.1, 0.15) is 11.8 Å². The number of H-pyrrole nitrogens is 2. The maximum absolute atomic E-state index is 13.4. The van der Waals surface area contributed by atoms with Gasteiger partial charge in [0, 0.05) is 24.7 Å². The third kappa shape index (κ3) is 4.09. The second-order valence-corrected chi connectivity index (χ2v) is 10.5. The summed E-state index contributed by atoms with van der Waals surface area (Å²) in [4.78, 5) is 55.0. The molecule has 4 aliphatic rings. The van der Waals surface area contributed by atoms with Crippen LogP contribution in [0.1, 0.15) is 44.8 Å².